The van der Waals surface area contributed by atoms with E-state index in [1.807, 2.05) is 30.7 Å². The molecular weight excluding hydrogens is 412 g/mol. The zero-order valence-corrected chi connectivity index (χ0v) is 19.6. The molecule has 3 heterocycles. The van der Waals surface area contributed by atoms with E-state index in [2.05, 4.69) is 57.7 Å². The normalized spacial score (nSPS) is 18.8. The molecule has 0 spiro atoms. The first kappa shape index (κ1) is 21.8. The summed E-state index contributed by atoms with van der Waals surface area (Å²) < 4.78 is 1.90. The second kappa shape index (κ2) is 8.63. The maximum absolute atomic E-state index is 12.3. The Balaban J connectivity index is 1.62. The first-order valence-electron chi connectivity index (χ1n) is 10.9. The molecule has 1 aromatic carbocycles. The lowest BCUT2D eigenvalue weighted by atomic mass is 9.94. The van der Waals surface area contributed by atoms with Gasteiger partial charge in [-0.25, -0.2) is 9.78 Å². The van der Waals surface area contributed by atoms with Crippen LogP contribution in [0.5, 0.6) is 0 Å². The second-order valence-corrected chi connectivity index (χ2v) is 9.45. The number of rotatable bonds is 5. The van der Waals surface area contributed by atoms with E-state index >= 15 is 0 Å². The van der Waals surface area contributed by atoms with Crippen LogP contribution in [0.2, 0.25) is 5.02 Å². The van der Waals surface area contributed by atoms with E-state index in [1.165, 1.54) is 5.56 Å². The number of hydrogen-bond donors (Lipinski definition) is 1. The topological polar surface area (TPSA) is 70.1 Å². The minimum Gasteiger partial charge on any atom is -0.349 e. The van der Waals surface area contributed by atoms with Gasteiger partial charge in [-0.05, 0) is 43.9 Å². The zero-order valence-electron chi connectivity index (χ0n) is 18.9. The molecule has 0 aliphatic carbocycles. The first-order valence-corrected chi connectivity index (χ1v) is 11.3. The van der Waals surface area contributed by atoms with E-state index < -0.39 is 0 Å². The maximum Gasteiger partial charge on any atom is 0.348 e. The molecule has 1 N–H and O–H groups in total. The zero-order chi connectivity index (χ0) is 22.3. The SMILES string of the molecule is Cc1nc2c(N3CCN(C(CC(C)C)c4ccc(Cl)cc4)CC3C)nc(=O)[nH]c2n1C. The van der Waals surface area contributed by atoms with Crippen molar-refractivity contribution >= 4 is 28.6 Å². The number of hydrogen-bond acceptors (Lipinski definition) is 5. The number of H-pyrrole nitrogens is 1. The minimum atomic E-state index is -0.334. The number of imidazole rings is 1. The molecule has 1 aliphatic heterocycles. The monoisotopic (exact) mass is 442 g/mol. The van der Waals surface area contributed by atoms with Crippen molar-refractivity contribution in [3.05, 3.63) is 51.2 Å². The van der Waals surface area contributed by atoms with E-state index in [1.54, 1.807) is 0 Å². The fourth-order valence-electron chi connectivity index (χ4n) is 4.60. The molecule has 7 nitrogen and oxygen atoms in total. The Labute approximate surface area is 188 Å². The Kier molecular flexibility index (Phi) is 6.08. The Morgan fingerprint density at radius 1 is 1.19 bits per heavy atom. The third-order valence-electron chi connectivity index (χ3n) is 6.28. The minimum absolute atomic E-state index is 0.204. The quantitative estimate of drug-likeness (QED) is 0.648. The highest BCUT2D eigenvalue weighted by Gasteiger charge is 2.32. The number of nitrogens with zero attached hydrogens (tertiary/aromatic N) is 5. The molecule has 2 aromatic heterocycles. The van der Waals surface area contributed by atoms with Gasteiger partial charge in [0.15, 0.2) is 5.82 Å². The number of aromatic amines is 1. The molecule has 31 heavy (non-hydrogen) atoms. The molecule has 0 saturated carbocycles. The molecule has 2 atom stereocenters. The van der Waals surface area contributed by atoms with Crippen LogP contribution in [0.3, 0.4) is 0 Å². The fourth-order valence-corrected chi connectivity index (χ4v) is 4.72. The lowest BCUT2D eigenvalue weighted by Gasteiger charge is -2.44. The van der Waals surface area contributed by atoms with Crippen molar-refractivity contribution in [3.8, 4) is 0 Å². The van der Waals surface area contributed by atoms with E-state index in [0.717, 1.165) is 48.1 Å². The van der Waals surface area contributed by atoms with Gasteiger partial charge in [-0.1, -0.05) is 37.6 Å². The number of anilines is 1. The Bertz CT molecular complexity index is 1120. The predicted octanol–water partition coefficient (Wildman–Crippen LogP) is 3.92. The Hall–Kier alpha value is -2.38. The summed E-state index contributed by atoms with van der Waals surface area (Å²) in [7, 11) is 1.91. The van der Waals surface area contributed by atoms with Crippen molar-refractivity contribution in [2.24, 2.45) is 13.0 Å². The average molecular weight is 443 g/mol. The van der Waals surface area contributed by atoms with Crippen molar-refractivity contribution in [1.82, 2.24) is 24.4 Å². The summed E-state index contributed by atoms with van der Waals surface area (Å²) in [6, 6.07) is 8.78. The Morgan fingerprint density at radius 2 is 1.90 bits per heavy atom. The van der Waals surface area contributed by atoms with Gasteiger partial charge < -0.3 is 9.47 Å². The molecule has 1 fully saturated rings. The van der Waals surface area contributed by atoms with Gasteiger partial charge >= 0.3 is 5.69 Å². The Morgan fingerprint density at radius 3 is 2.55 bits per heavy atom. The summed E-state index contributed by atoms with van der Waals surface area (Å²) >= 11 is 6.13. The molecule has 8 heteroatoms. The van der Waals surface area contributed by atoms with Crippen molar-refractivity contribution in [1.29, 1.82) is 0 Å². The molecule has 4 rings (SSSR count). The van der Waals surface area contributed by atoms with Gasteiger partial charge in [-0.15, -0.1) is 0 Å². The van der Waals surface area contributed by atoms with Crippen LogP contribution in [0.25, 0.3) is 11.2 Å². The van der Waals surface area contributed by atoms with Crippen LogP contribution < -0.4 is 10.6 Å². The molecule has 0 bridgehead atoms. The van der Waals surface area contributed by atoms with E-state index in [0.29, 0.717) is 17.8 Å². The van der Waals surface area contributed by atoms with Crippen molar-refractivity contribution in [3.63, 3.8) is 0 Å². The summed E-state index contributed by atoms with van der Waals surface area (Å²) in [6.07, 6.45) is 1.08. The van der Waals surface area contributed by atoms with Crippen LogP contribution in [0.15, 0.2) is 29.1 Å². The van der Waals surface area contributed by atoms with Crippen LogP contribution >= 0.6 is 11.6 Å². The van der Waals surface area contributed by atoms with Crippen LogP contribution in [-0.2, 0) is 7.05 Å². The molecule has 1 saturated heterocycles. The van der Waals surface area contributed by atoms with Gasteiger partial charge in [0.1, 0.15) is 17.0 Å². The van der Waals surface area contributed by atoms with Gasteiger partial charge in [-0.3, -0.25) is 9.88 Å². The number of piperazine rings is 1. The number of nitrogens with one attached hydrogen (secondary N) is 1. The molecule has 2 unspecified atom stereocenters. The number of halogens is 1. The molecule has 166 valence electrons. The molecule has 1 aliphatic rings. The summed E-state index contributed by atoms with van der Waals surface area (Å²) in [5.41, 5.74) is 2.45. The number of aromatic nitrogens is 4. The van der Waals surface area contributed by atoms with Gasteiger partial charge in [0.25, 0.3) is 0 Å². The van der Waals surface area contributed by atoms with E-state index in [9.17, 15) is 4.79 Å². The third-order valence-corrected chi connectivity index (χ3v) is 6.54. The standard InChI is InChI=1S/C23H31ClN6O/c1-14(2)12-19(17-6-8-18(24)9-7-17)29-10-11-30(15(3)13-29)22-20-21(26-23(31)27-22)28(5)16(4)25-20/h6-9,14-15,19H,10-13H2,1-5H3,(H,26,27,31). The van der Waals surface area contributed by atoms with Crippen LogP contribution in [-0.4, -0.2) is 50.1 Å². The average Bonchev–Trinajstić information content (AvgIpc) is 3.00. The fraction of sp³-hybridized carbons (Fsp3) is 0.522. The lowest BCUT2D eigenvalue weighted by molar-refractivity contribution is 0.146. The highest BCUT2D eigenvalue weighted by Crippen LogP contribution is 2.32. The number of aryl methyl sites for hydroxylation is 2. The van der Waals surface area contributed by atoms with E-state index in [4.69, 9.17) is 11.6 Å². The summed E-state index contributed by atoms with van der Waals surface area (Å²) in [4.78, 5) is 28.9. The molecule has 0 radical (unpaired) electrons. The maximum atomic E-state index is 12.3. The van der Waals surface area contributed by atoms with Crippen molar-refractivity contribution in [2.75, 3.05) is 24.5 Å². The highest BCUT2D eigenvalue weighted by molar-refractivity contribution is 6.30. The van der Waals surface area contributed by atoms with Crippen LogP contribution in [0.1, 0.15) is 44.6 Å². The molecule has 3 aromatic rings. The third kappa shape index (κ3) is 4.34. The molecular formula is C23H31ClN6O. The summed E-state index contributed by atoms with van der Waals surface area (Å²) in [5.74, 6) is 2.12. The van der Waals surface area contributed by atoms with Crippen LogP contribution in [0, 0.1) is 12.8 Å². The lowest BCUT2D eigenvalue weighted by Crippen LogP contribution is -2.53. The smallest absolute Gasteiger partial charge is 0.348 e. The first-order chi connectivity index (χ1) is 14.7. The largest absolute Gasteiger partial charge is 0.349 e. The van der Waals surface area contributed by atoms with Gasteiger partial charge in [0.2, 0.25) is 0 Å². The highest BCUT2D eigenvalue weighted by atomic mass is 35.5. The molecule has 0 amide bonds. The summed E-state index contributed by atoms with van der Waals surface area (Å²) in [6.45, 7) is 11.3. The summed E-state index contributed by atoms with van der Waals surface area (Å²) in [5, 5.41) is 0.764. The van der Waals surface area contributed by atoms with Gasteiger partial charge in [-0.2, -0.15) is 4.98 Å². The van der Waals surface area contributed by atoms with Gasteiger partial charge in [0.05, 0.1) is 0 Å². The number of fused-ring (bicyclic) bond motifs is 1. The predicted molar refractivity (Wildman–Crippen MR) is 126 cm³/mol. The van der Waals surface area contributed by atoms with E-state index in [-0.39, 0.29) is 11.7 Å². The van der Waals surface area contributed by atoms with Crippen LogP contribution in [0.4, 0.5) is 5.82 Å². The number of benzene rings is 1. The van der Waals surface area contributed by atoms with Crippen molar-refractivity contribution in [2.45, 2.75) is 46.2 Å². The second-order valence-electron chi connectivity index (χ2n) is 9.02. The van der Waals surface area contributed by atoms with Crippen molar-refractivity contribution < 1.29 is 0 Å². The van der Waals surface area contributed by atoms with Gasteiger partial charge in [0, 0.05) is 43.8 Å².